The highest BCUT2D eigenvalue weighted by atomic mass is 19.1. The van der Waals surface area contributed by atoms with Crippen molar-refractivity contribution in [2.75, 3.05) is 36.0 Å². The monoisotopic (exact) mass is 380 g/mol. The number of hydrogen-bond acceptors (Lipinski definition) is 5. The summed E-state index contributed by atoms with van der Waals surface area (Å²) in [5, 5.41) is 2.79. The Morgan fingerprint density at radius 3 is 2.29 bits per heavy atom. The van der Waals surface area contributed by atoms with Crippen molar-refractivity contribution in [2.45, 2.75) is 6.54 Å². The van der Waals surface area contributed by atoms with Crippen LogP contribution in [0.2, 0.25) is 0 Å². The Kier molecular flexibility index (Phi) is 5.23. The Bertz CT molecular complexity index is 903. The first-order chi connectivity index (χ1) is 13.7. The van der Waals surface area contributed by atoms with E-state index in [1.807, 2.05) is 24.3 Å². The van der Waals surface area contributed by atoms with Gasteiger partial charge in [0, 0.05) is 31.9 Å². The third kappa shape index (κ3) is 4.14. The van der Waals surface area contributed by atoms with Crippen LogP contribution >= 0.6 is 0 Å². The van der Waals surface area contributed by atoms with Crippen LogP contribution < -0.4 is 15.1 Å². The standard InChI is InChI=1S/C21H21FN4O2/c22-16-3-5-17(6-4-16)25-9-11-26(12-10-25)18-7-8-20(23-14-18)21(27)24-15-19-2-1-13-28-19/h1-8,13-14H,9-12,15H2,(H,24,27). The van der Waals surface area contributed by atoms with Crippen LogP contribution in [-0.4, -0.2) is 37.1 Å². The Hall–Kier alpha value is -3.35. The number of nitrogens with zero attached hydrogens (tertiary/aromatic N) is 3. The van der Waals surface area contributed by atoms with Gasteiger partial charge in [-0.15, -0.1) is 0 Å². The van der Waals surface area contributed by atoms with Crippen molar-refractivity contribution in [1.29, 1.82) is 0 Å². The van der Waals surface area contributed by atoms with Crippen LogP contribution in [0.3, 0.4) is 0 Å². The highest BCUT2D eigenvalue weighted by molar-refractivity contribution is 5.92. The van der Waals surface area contributed by atoms with Gasteiger partial charge in [-0.3, -0.25) is 4.79 Å². The number of pyridine rings is 1. The Balaban J connectivity index is 1.31. The quantitative estimate of drug-likeness (QED) is 0.737. The lowest BCUT2D eigenvalue weighted by molar-refractivity contribution is 0.0943. The summed E-state index contributed by atoms with van der Waals surface area (Å²) in [7, 11) is 0. The Morgan fingerprint density at radius 2 is 1.68 bits per heavy atom. The summed E-state index contributed by atoms with van der Waals surface area (Å²) in [6.45, 7) is 3.70. The highest BCUT2D eigenvalue weighted by Crippen LogP contribution is 2.20. The maximum Gasteiger partial charge on any atom is 0.270 e. The number of nitrogens with one attached hydrogen (secondary N) is 1. The smallest absolute Gasteiger partial charge is 0.270 e. The summed E-state index contributed by atoms with van der Waals surface area (Å²) in [5.41, 5.74) is 2.39. The van der Waals surface area contributed by atoms with Crippen LogP contribution in [-0.2, 0) is 6.54 Å². The Labute approximate surface area is 162 Å². The van der Waals surface area contributed by atoms with Crippen LogP contribution in [0.1, 0.15) is 16.2 Å². The second-order valence-corrected chi connectivity index (χ2v) is 6.61. The van der Waals surface area contributed by atoms with Gasteiger partial charge in [0.25, 0.3) is 5.91 Å². The molecule has 0 bridgehead atoms. The minimum Gasteiger partial charge on any atom is -0.467 e. The summed E-state index contributed by atoms with van der Waals surface area (Å²) < 4.78 is 18.3. The molecule has 1 N–H and O–H groups in total. The van der Waals surface area contributed by atoms with Crippen molar-refractivity contribution in [3.8, 4) is 0 Å². The molecular formula is C21H21FN4O2. The lowest BCUT2D eigenvalue weighted by Gasteiger charge is -2.37. The second kappa shape index (κ2) is 8.12. The van der Waals surface area contributed by atoms with Gasteiger partial charge in [-0.05, 0) is 48.5 Å². The zero-order chi connectivity index (χ0) is 19.3. The molecule has 3 heterocycles. The number of aromatic nitrogens is 1. The number of carbonyl (C=O) groups excluding carboxylic acids is 1. The molecule has 144 valence electrons. The summed E-state index contributed by atoms with van der Waals surface area (Å²) in [6, 6.07) is 13.8. The number of amides is 1. The number of piperazine rings is 1. The summed E-state index contributed by atoms with van der Waals surface area (Å²) in [4.78, 5) is 21.0. The third-order valence-electron chi connectivity index (χ3n) is 4.82. The molecule has 0 unspecified atom stereocenters. The van der Waals surface area contributed by atoms with E-state index in [-0.39, 0.29) is 11.7 Å². The molecule has 2 aromatic heterocycles. The molecule has 0 saturated carbocycles. The highest BCUT2D eigenvalue weighted by Gasteiger charge is 2.18. The molecule has 6 nitrogen and oxygen atoms in total. The average molecular weight is 380 g/mol. The molecule has 1 fully saturated rings. The fourth-order valence-electron chi connectivity index (χ4n) is 3.25. The maximum atomic E-state index is 13.1. The molecule has 1 saturated heterocycles. The lowest BCUT2D eigenvalue weighted by atomic mass is 10.2. The van der Waals surface area contributed by atoms with Gasteiger partial charge in [0.05, 0.1) is 24.7 Å². The van der Waals surface area contributed by atoms with Crippen molar-refractivity contribution in [1.82, 2.24) is 10.3 Å². The molecule has 4 rings (SSSR count). The van der Waals surface area contributed by atoms with Gasteiger partial charge in [0.2, 0.25) is 0 Å². The van der Waals surface area contributed by atoms with Gasteiger partial charge in [0.1, 0.15) is 17.3 Å². The first kappa shape index (κ1) is 18.0. The van der Waals surface area contributed by atoms with Crippen molar-refractivity contribution >= 4 is 17.3 Å². The van der Waals surface area contributed by atoms with Gasteiger partial charge >= 0.3 is 0 Å². The second-order valence-electron chi connectivity index (χ2n) is 6.61. The molecule has 1 aromatic carbocycles. The maximum absolute atomic E-state index is 13.1. The van der Waals surface area contributed by atoms with Crippen molar-refractivity contribution < 1.29 is 13.6 Å². The van der Waals surface area contributed by atoms with E-state index in [0.717, 1.165) is 37.6 Å². The van der Waals surface area contributed by atoms with Crippen molar-refractivity contribution in [3.05, 3.63) is 78.3 Å². The average Bonchev–Trinajstić information content (AvgIpc) is 3.27. The molecule has 7 heteroatoms. The molecule has 0 spiro atoms. The van der Waals surface area contributed by atoms with E-state index in [1.165, 1.54) is 12.1 Å². The van der Waals surface area contributed by atoms with Gasteiger partial charge in [-0.1, -0.05) is 0 Å². The normalized spacial score (nSPS) is 14.2. The molecule has 0 radical (unpaired) electrons. The molecule has 28 heavy (non-hydrogen) atoms. The molecular weight excluding hydrogens is 359 g/mol. The molecule has 1 aliphatic heterocycles. The van der Waals surface area contributed by atoms with Gasteiger partial charge in [-0.25, -0.2) is 9.37 Å². The van der Waals surface area contributed by atoms with Crippen LogP contribution in [0.15, 0.2) is 65.4 Å². The van der Waals surface area contributed by atoms with Crippen LogP contribution in [0, 0.1) is 5.82 Å². The molecule has 1 amide bonds. The minimum atomic E-state index is -0.232. The van der Waals surface area contributed by atoms with E-state index in [9.17, 15) is 9.18 Å². The van der Waals surface area contributed by atoms with E-state index in [0.29, 0.717) is 18.0 Å². The number of furan rings is 1. The van der Waals surface area contributed by atoms with Crippen LogP contribution in [0.25, 0.3) is 0 Å². The molecule has 1 aliphatic rings. The van der Waals surface area contributed by atoms with Gasteiger partial charge in [-0.2, -0.15) is 0 Å². The number of carbonyl (C=O) groups is 1. The van der Waals surface area contributed by atoms with E-state index in [2.05, 4.69) is 20.1 Å². The fourth-order valence-corrected chi connectivity index (χ4v) is 3.25. The predicted octanol–water partition coefficient (Wildman–Crippen LogP) is 3.07. The topological polar surface area (TPSA) is 61.6 Å². The first-order valence-electron chi connectivity index (χ1n) is 9.21. The molecule has 0 atom stereocenters. The number of hydrogen-bond donors (Lipinski definition) is 1. The first-order valence-corrected chi connectivity index (χ1v) is 9.21. The van der Waals surface area contributed by atoms with Crippen molar-refractivity contribution in [3.63, 3.8) is 0 Å². The van der Waals surface area contributed by atoms with Crippen LogP contribution in [0.5, 0.6) is 0 Å². The Morgan fingerprint density at radius 1 is 1.00 bits per heavy atom. The lowest BCUT2D eigenvalue weighted by Crippen LogP contribution is -2.46. The van der Waals surface area contributed by atoms with E-state index >= 15 is 0 Å². The third-order valence-corrected chi connectivity index (χ3v) is 4.82. The zero-order valence-corrected chi connectivity index (χ0v) is 15.3. The fraction of sp³-hybridized carbons (Fsp3) is 0.238. The SMILES string of the molecule is O=C(NCc1ccco1)c1ccc(N2CCN(c3ccc(F)cc3)CC2)cn1. The molecule has 0 aliphatic carbocycles. The van der Waals surface area contributed by atoms with E-state index in [4.69, 9.17) is 4.42 Å². The molecule has 3 aromatic rings. The summed E-state index contributed by atoms with van der Waals surface area (Å²) in [5.74, 6) is 0.245. The largest absolute Gasteiger partial charge is 0.467 e. The van der Waals surface area contributed by atoms with Crippen LogP contribution in [0.4, 0.5) is 15.8 Å². The number of anilines is 2. The van der Waals surface area contributed by atoms with E-state index in [1.54, 1.807) is 24.6 Å². The van der Waals surface area contributed by atoms with Crippen molar-refractivity contribution in [2.24, 2.45) is 0 Å². The van der Waals surface area contributed by atoms with Gasteiger partial charge < -0.3 is 19.5 Å². The number of rotatable bonds is 5. The summed E-state index contributed by atoms with van der Waals surface area (Å²) in [6.07, 6.45) is 3.31. The van der Waals surface area contributed by atoms with Gasteiger partial charge in [0.15, 0.2) is 0 Å². The van der Waals surface area contributed by atoms with E-state index < -0.39 is 0 Å². The minimum absolute atomic E-state index is 0.221. The summed E-state index contributed by atoms with van der Waals surface area (Å²) >= 11 is 0. The number of benzene rings is 1. The predicted molar refractivity (Wildman–Crippen MR) is 105 cm³/mol. The number of halogens is 1. The zero-order valence-electron chi connectivity index (χ0n) is 15.3.